The van der Waals surface area contributed by atoms with Gasteiger partial charge in [-0.15, -0.1) is 24.0 Å². The van der Waals surface area contributed by atoms with Crippen molar-refractivity contribution in [2.75, 3.05) is 26.2 Å². The van der Waals surface area contributed by atoms with Gasteiger partial charge in [0.2, 0.25) is 0 Å². The summed E-state index contributed by atoms with van der Waals surface area (Å²) in [5.74, 6) is 0.745. The number of piperidine rings is 1. The lowest BCUT2D eigenvalue weighted by molar-refractivity contribution is -0.137. The topological polar surface area (TPSA) is 36.9 Å². The summed E-state index contributed by atoms with van der Waals surface area (Å²) in [6, 6.07) is 5.34. The highest BCUT2D eigenvalue weighted by Crippen LogP contribution is 2.29. The van der Waals surface area contributed by atoms with Gasteiger partial charge in [-0.1, -0.05) is 12.1 Å². The zero-order chi connectivity index (χ0) is 18.3. The average molecular weight is 485 g/mol. The molecule has 0 saturated carbocycles. The van der Waals surface area contributed by atoms with Gasteiger partial charge in [0.1, 0.15) is 0 Å². The number of ether oxygens (including phenoxy) is 1. The highest BCUT2D eigenvalue weighted by Gasteiger charge is 2.30. The number of alkyl halides is 3. The van der Waals surface area contributed by atoms with Gasteiger partial charge in [0.05, 0.1) is 18.2 Å². The summed E-state index contributed by atoms with van der Waals surface area (Å²) in [7, 11) is 0. The van der Waals surface area contributed by atoms with Crippen LogP contribution in [0.25, 0.3) is 0 Å². The molecule has 0 spiro atoms. The van der Waals surface area contributed by atoms with Crippen LogP contribution in [0, 0.1) is 0 Å². The first-order valence-corrected chi connectivity index (χ1v) is 8.75. The van der Waals surface area contributed by atoms with E-state index < -0.39 is 11.7 Å². The van der Waals surface area contributed by atoms with Crippen LogP contribution in [0.1, 0.15) is 37.8 Å². The Morgan fingerprint density at radius 2 is 1.96 bits per heavy atom. The molecule has 0 radical (unpaired) electrons. The fourth-order valence-corrected chi connectivity index (χ4v) is 2.91. The molecule has 0 atom stereocenters. The molecule has 148 valence electrons. The Kier molecular flexibility index (Phi) is 9.70. The van der Waals surface area contributed by atoms with Gasteiger partial charge >= 0.3 is 6.18 Å². The monoisotopic (exact) mass is 485 g/mol. The first kappa shape index (κ1) is 23.0. The van der Waals surface area contributed by atoms with Crippen LogP contribution in [0.2, 0.25) is 0 Å². The van der Waals surface area contributed by atoms with E-state index in [-0.39, 0.29) is 36.6 Å². The van der Waals surface area contributed by atoms with Crippen molar-refractivity contribution in [1.29, 1.82) is 0 Å². The van der Waals surface area contributed by atoms with Crippen molar-refractivity contribution in [2.45, 2.75) is 45.5 Å². The van der Waals surface area contributed by atoms with Gasteiger partial charge in [-0.05, 0) is 44.4 Å². The molecule has 8 heteroatoms. The maximum atomic E-state index is 12.8. The van der Waals surface area contributed by atoms with Crippen LogP contribution in [0.5, 0.6) is 0 Å². The second kappa shape index (κ2) is 11.0. The lowest BCUT2D eigenvalue weighted by Gasteiger charge is -2.34. The Hall–Kier alpha value is -1.03. The highest BCUT2D eigenvalue weighted by atomic mass is 127. The minimum atomic E-state index is -4.33. The van der Waals surface area contributed by atoms with Crippen LogP contribution in [0.15, 0.2) is 29.3 Å². The number of halogens is 4. The van der Waals surface area contributed by atoms with E-state index in [4.69, 9.17) is 4.74 Å². The minimum Gasteiger partial charge on any atom is -0.378 e. The van der Waals surface area contributed by atoms with Gasteiger partial charge in [-0.2, -0.15) is 13.2 Å². The number of benzene rings is 1. The molecule has 1 heterocycles. The predicted octanol–water partition coefficient (Wildman–Crippen LogP) is 4.29. The van der Waals surface area contributed by atoms with Gasteiger partial charge < -0.3 is 15.0 Å². The quantitative estimate of drug-likeness (QED) is 0.384. The second-order valence-electron chi connectivity index (χ2n) is 6.01. The van der Waals surface area contributed by atoms with Crippen molar-refractivity contribution in [2.24, 2.45) is 4.99 Å². The molecule has 0 amide bonds. The lowest BCUT2D eigenvalue weighted by Crippen LogP contribution is -2.47. The van der Waals surface area contributed by atoms with Gasteiger partial charge in [-0.25, -0.2) is 4.99 Å². The van der Waals surface area contributed by atoms with Crippen LogP contribution >= 0.6 is 24.0 Å². The molecule has 1 saturated heterocycles. The molecule has 2 rings (SSSR count). The Morgan fingerprint density at radius 1 is 1.27 bits per heavy atom. The lowest BCUT2D eigenvalue weighted by atomic mass is 10.1. The maximum absolute atomic E-state index is 12.8. The van der Waals surface area contributed by atoms with E-state index in [2.05, 4.69) is 15.2 Å². The smallest absolute Gasteiger partial charge is 0.378 e. The second-order valence-corrected chi connectivity index (χ2v) is 6.01. The van der Waals surface area contributed by atoms with Gasteiger partial charge in [0.25, 0.3) is 0 Å². The standard InChI is InChI=1S/C18H26F3N3O.HI/c1-3-22-17(24-10-8-16(9-11-24)25-4-2)23-13-14-6-5-7-15(12-14)18(19,20)21;/h5-7,12,16H,3-4,8-11,13H2,1-2H3,(H,22,23);1H. The van der Waals surface area contributed by atoms with Crippen LogP contribution < -0.4 is 5.32 Å². The van der Waals surface area contributed by atoms with Crippen molar-refractivity contribution >= 4 is 29.9 Å². The predicted molar refractivity (Wildman–Crippen MR) is 108 cm³/mol. The van der Waals surface area contributed by atoms with Crippen molar-refractivity contribution in [3.63, 3.8) is 0 Å². The summed E-state index contributed by atoms with van der Waals surface area (Å²) in [6.45, 7) is 7.29. The number of hydrogen-bond donors (Lipinski definition) is 1. The molecule has 1 aromatic carbocycles. The van der Waals surface area contributed by atoms with Gasteiger partial charge in [0, 0.05) is 26.2 Å². The summed E-state index contributed by atoms with van der Waals surface area (Å²) in [5, 5.41) is 3.23. The molecule has 1 aliphatic rings. The number of likely N-dealkylation sites (tertiary alicyclic amines) is 1. The molecule has 1 N–H and O–H groups in total. The number of rotatable bonds is 5. The third-order valence-electron chi connectivity index (χ3n) is 4.14. The van der Waals surface area contributed by atoms with Crippen LogP contribution in [-0.4, -0.2) is 43.2 Å². The zero-order valence-electron chi connectivity index (χ0n) is 15.2. The SMILES string of the molecule is CCNC(=NCc1cccc(C(F)(F)F)c1)N1CCC(OCC)CC1.I. The molecule has 4 nitrogen and oxygen atoms in total. The molecule has 0 bridgehead atoms. The third-order valence-corrected chi connectivity index (χ3v) is 4.14. The van der Waals surface area contributed by atoms with Crippen LogP contribution in [0.4, 0.5) is 13.2 Å². The first-order valence-electron chi connectivity index (χ1n) is 8.75. The van der Waals surface area contributed by atoms with Crippen LogP contribution in [0.3, 0.4) is 0 Å². The zero-order valence-corrected chi connectivity index (χ0v) is 17.5. The van der Waals surface area contributed by atoms with E-state index >= 15 is 0 Å². The Balaban J connectivity index is 0.00000338. The molecule has 1 aliphatic heterocycles. The normalized spacial score (nSPS) is 16.3. The Morgan fingerprint density at radius 3 is 2.54 bits per heavy atom. The molecule has 0 unspecified atom stereocenters. The number of aliphatic imine (C=N–C) groups is 1. The number of guanidine groups is 1. The largest absolute Gasteiger partial charge is 0.416 e. The highest BCUT2D eigenvalue weighted by molar-refractivity contribution is 14.0. The fraction of sp³-hybridized carbons (Fsp3) is 0.611. The fourth-order valence-electron chi connectivity index (χ4n) is 2.91. The summed E-state index contributed by atoms with van der Waals surface area (Å²) in [5.41, 5.74) is -0.0860. The molecule has 1 aromatic rings. The van der Waals surface area contributed by atoms with Crippen molar-refractivity contribution < 1.29 is 17.9 Å². The van der Waals surface area contributed by atoms with E-state index in [0.717, 1.165) is 44.0 Å². The van der Waals surface area contributed by atoms with Gasteiger partial charge in [0.15, 0.2) is 5.96 Å². The van der Waals surface area contributed by atoms with Gasteiger partial charge in [-0.3, -0.25) is 0 Å². The van der Waals surface area contributed by atoms with E-state index in [9.17, 15) is 13.2 Å². The molecular formula is C18H27F3IN3O. The third kappa shape index (κ3) is 6.94. The van der Waals surface area contributed by atoms with Crippen LogP contribution in [-0.2, 0) is 17.5 Å². The van der Waals surface area contributed by atoms with E-state index in [0.29, 0.717) is 18.7 Å². The summed E-state index contributed by atoms with van der Waals surface area (Å²) in [6.07, 6.45) is -2.18. The van der Waals surface area contributed by atoms with Crippen molar-refractivity contribution in [3.05, 3.63) is 35.4 Å². The number of hydrogen-bond acceptors (Lipinski definition) is 2. The van der Waals surface area contributed by atoms with Crippen molar-refractivity contribution in [1.82, 2.24) is 10.2 Å². The molecule has 26 heavy (non-hydrogen) atoms. The maximum Gasteiger partial charge on any atom is 0.416 e. The molecule has 0 aromatic heterocycles. The molecule has 1 fully saturated rings. The van der Waals surface area contributed by atoms with E-state index in [1.807, 2.05) is 13.8 Å². The first-order chi connectivity index (χ1) is 11.9. The Labute approximate surface area is 170 Å². The minimum absolute atomic E-state index is 0. The number of nitrogens with zero attached hydrogens (tertiary/aromatic N) is 2. The molecular weight excluding hydrogens is 458 g/mol. The number of nitrogens with one attached hydrogen (secondary N) is 1. The summed E-state index contributed by atoms with van der Waals surface area (Å²) in [4.78, 5) is 6.67. The average Bonchev–Trinajstić information content (AvgIpc) is 2.59. The van der Waals surface area contributed by atoms with E-state index in [1.54, 1.807) is 6.07 Å². The summed E-state index contributed by atoms with van der Waals surface area (Å²) >= 11 is 0. The van der Waals surface area contributed by atoms with Crippen molar-refractivity contribution in [3.8, 4) is 0 Å². The Bertz CT molecular complexity index is 573. The molecule has 0 aliphatic carbocycles. The van der Waals surface area contributed by atoms with E-state index in [1.165, 1.54) is 6.07 Å². The summed E-state index contributed by atoms with van der Waals surface area (Å²) < 4.78 is 44.1.